The molecule has 0 aliphatic carbocycles. The average Bonchev–Trinajstić information content (AvgIpc) is 2.32. The summed E-state index contributed by atoms with van der Waals surface area (Å²) < 4.78 is 14.3. The monoisotopic (exact) mass is 295 g/mol. The molecule has 2 rings (SSSR count). The third kappa shape index (κ3) is 3.20. The highest BCUT2D eigenvalue weighted by Gasteiger charge is 2.02. The number of halogens is 2. The molecular formula is C13H11BrFNO. The fourth-order valence-corrected chi connectivity index (χ4v) is 1.86. The highest BCUT2D eigenvalue weighted by molar-refractivity contribution is 9.10. The fraction of sp³-hybridized carbons (Fsp3) is 0.0769. The molecule has 0 amide bonds. The molecule has 0 atom stereocenters. The zero-order chi connectivity index (χ0) is 12.3. The minimum atomic E-state index is -0.237. The van der Waals surface area contributed by atoms with Gasteiger partial charge >= 0.3 is 0 Å². The largest absolute Gasteiger partial charge is 0.508 e. The second kappa shape index (κ2) is 5.19. The van der Waals surface area contributed by atoms with Crippen molar-refractivity contribution in [2.24, 2.45) is 0 Å². The molecule has 0 saturated carbocycles. The van der Waals surface area contributed by atoms with Gasteiger partial charge in [0.05, 0.1) is 0 Å². The SMILES string of the molecule is Oc1ccc(NCc2cc(Br)ccc2F)cc1. The Hall–Kier alpha value is -1.55. The molecule has 0 fully saturated rings. The minimum absolute atomic E-state index is 0.212. The van der Waals surface area contributed by atoms with Crippen LogP contribution in [-0.2, 0) is 6.54 Å². The Balaban J connectivity index is 2.07. The van der Waals surface area contributed by atoms with E-state index in [0.717, 1.165) is 10.2 Å². The zero-order valence-electron chi connectivity index (χ0n) is 8.95. The standard InChI is InChI=1S/C13H11BrFNO/c14-10-1-6-13(15)9(7-10)8-16-11-2-4-12(17)5-3-11/h1-7,16-17H,8H2. The van der Waals surface area contributed by atoms with Crippen LogP contribution in [0.4, 0.5) is 10.1 Å². The fourth-order valence-electron chi connectivity index (χ4n) is 1.46. The molecule has 0 saturated heterocycles. The molecule has 0 aromatic heterocycles. The molecule has 2 aromatic rings. The molecule has 2 aromatic carbocycles. The Kier molecular flexibility index (Phi) is 3.64. The highest BCUT2D eigenvalue weighted by atomic mass is 79.9. The van der Waals surface area contributed by atoms with Gasteiger partial charge in [-0.05, 0) is 42.5 Å². The number of anilines is 1. The molecule has 0 bridgehead atoms. The third-order valence-corrected chi connectivity index (χ3v) is 2.85. The van der Waals surface area contributed by atoms with Crippen LogP contribution in [0.3, 0.4) is 0 Å². The van der Waals surface area contributed by atoms with Gasteiger partial charge in [-0.2, -0.15) is 0 Å². The molecule has 0 spiro atoms. The van der Waals surface area contributed by atoms with Gasteiger partial charge in [0.1, 0.15) is 11.6 Å². The van der Waals surface area contributed by atoms with E-state index >= 15 is 0 Å². The molecule has 0 radical (unpaired) electrons. The Labute approximate surface area is 107 Å². The van der Waals surface area contributed by atoms with Gasteiger partial charge in [0.2, 0.25) is 0 Å². The van der Waals surface area contributed by atoms with Crippen molar-refractivity contribution in [3.05, 3.63) is 58.3 Å². The van der Waals surface area contributed by atoms with E-state index in [1.165, 1.54) is 6.07 Å². The van der Waals surface area contributed by atoms with Gasteiger partial charge in [-0.25, -0.2) is 4.39 Å². The van der Waals surface area contributed by atoms with Crippen LogP contribution in [0.15, 0.2) is 46.9 Å². The Morgan fingerprint density at radius 1 is 1.12 bits per heavy atom. The van der Waals surface area contributed by atoms with Gasteiger partial charge in [0.25, 0.3) is 0 Å². The van der Waals surface area contributed by atoms with Crippen molar-refractivity contribution in [3.8, 4) is 5.75 Å². The second-order valence-corrected chi connectivity index (χ2v) is 4.55. The van der Waals surface area contributed by atoms with Gasteiger partial charge in [-0.1, -0.05) is 15.9 Å². The number of aromatic hydroxyl groups is 1. The lowest BCUT2D eigenvalue weighted by atomic mass is 10.2. The van der Waals surface area contributed by atoms with Crippen LogP contribution in [0, 0.1) is 5.82 Å². The first-order valence-electron chi connectivity index (χ1n) is 5.12. The van der Waals surface area contributed by atoms with Gasteiger partial charge < -0.3 is 10.4 Å². The van der Waals surface area contributed by atoms with Gasteiger partial charge in [-0.3, -0.25) is 0 Å². The minimum Gasteiger partial charge on any atom is -0.508 e. The number of hydrogen-bond donors (Lipinski definition) is 2. The van der Waals surface area contributed by atoms with E-state index in [4.69, 9.17) is 5.11 Å². The Bertz CT molecular complexity index is 513. The van der Waals surface area contributed by atoms with E-state index < -0.39 is 0 Å². The lowest BCUT2D eigenvalue weighted by molar-refractivity contribution is 0.475. The lowest BCUT2D eigenvalue weighted by Crippen LogP contribution is -2.01. The summed E-state index contributed by atoms with van der Waals surface area (Å²) in [5.41, 5.74) is 1.43. The summed E-state index contributed by atoms with van der Waals surface area (Å²) >= 11 is 3.30. The van der Waals surface area contributed by atoms with E-state index in [1.807, 2.05) is 0 Å². The van der Waals surface area contributed by atoms with Crippen LogP contribution in [0.1, 0.15) is 5.56 Å². The second-order valence-electron chi connectivity index (χ2n) is 3.64. The number of phenolic OH excluding ortho intramolecular Hbond substituents is 1. The molecule has 2 nitrogen and oxygen atoms in total. The van der Waals surface area contributed by atoms with Crippen molar-refractivity contribution >= 4 is 21.6 Å². The van der Waals surface area contributed by atoms with E-state index in [-0.39, 0.29) is 11.6 Å². The molecule has 0 heterocycles. The van der Waals surface area contributed by atoms with Crippen molar-refractivity contribution in [3.63, 3.8) is 0 Å². The first-order valence-corrected chi connectivity index (χ1v) is 5.91. The summed E-state index contributed by atoms with van der Waals surface area (Å²) in [5, 5.41) is 12.2. The van der Waals surface area contributed by atoms with Crippen LogP contribution in [0.5, 0.6) is 5.75 Å². The van der Waals surface area contributed by atoms with E-state index in [9.17, 15) is 4.39 Å². The highest BCUT2D eigenvalue weighted by Crippen LogP contribution is 2.18. The average molecular weight is 296 g/mol. The first kappa shape index (κ1) is 11.9. The molecule has 0 aliphatic heterocycles. The molecule has 0 aliphatic rings. The molecule has 88 valence electrons. The van der Waals surface area contributed by atoms with E-state index in [2.05, 4.69) is 21.2 Å². The van der Waals surface area contributed by atoms with Gasteiger partial charge in [0.15, 0.2) is 0 Å². The van der Waals surface area contributed by atoms with E-state index in [1.54, 1.807) is 36.4 Å². The summed E-state index contributed by atoms with van der Waals surface area (Å²) in [7, 11) is 0. The van der Waals surface area contributed by atoms with Crippen molar-refractivity contribution in [2.45, 2.75) is 6.54 Å². The van der Waals surface area contributed by atoms with Gasteiger partial charge in [0, 0.05) is 22.3 Å². The van der Waals surface area contributed by atoms with Gasteiger partial charge in [-0.15, -0.1) is 0 Å². The number of hydrogen-bond acceptors (Lipinski definition) is 2. The van der Waals surface area contributed by atoms with Crippen LogP contribution < -0.4 is 5.32 Å². The van der Waals surface area contributed by atoms with Crippen LogP contribution in [0.2, 0.25) is 0 Å². The summed E-state index contributed by atoms with van der Waals surface area (Å²) in [5.74, 6) is -0.0244. The molecule has 17 heavy (non-hydrogen) atoms. The van der Waals surface area contributed by atoms with Crippen molar-refractivity contribution in [2.75, 3.05) is 5.32 Å². The third-order valence-electron chi connectivity index (χ3n) is 2.36. The summed E-state index contributed by atoms with van der Waals surface area (Å²) in [6.07, 6.45) is 0. The smallest absolute Gasteiger partial charge is 0.128 e. The summed E-state index contributed by atoms with van der Waals surface area (Å²) in [4.78, 5) is 0. The van der Waals surface area contributed by atoms with Crippen LogP contribution >= 0.6 is 15.9 Å². The topological polar surface area (TPSA) is 32.3 Å². The predicted octanol–water partition coefficient (Wildman–Crippen LogP) is 3.91. The Morgan fingerprint density at radius 3 is 2.53 bits per heavy atom. The Morgan fingerprint density at radius 2 is 1.82 bits per heavy atom. The summed E-state index contributed by atoms with van der Waals surface area (Å²) in [6.45, 7) is 0.399. The number of benzene rings is 2. The number of phenols is 1. The molecule has 4 heteroatoms. The molecule has 0 unspecified atom stereocenters. The predicted molar refractivity (Wildman–Crippen MR) is 69.5 cm³/mol. The van der Waals surface area contributed by atoms with Crippen molar-refractivity contribution < 1.29 is 9.50 Å². The number of rotatable bonds is 3. The number of nitrogens with one attached hydrogen (secondary N) is 1. The van der Waals surface area contributed by atoms with Crippen molar-refractivity contribution in [1.82, 2.24) is 0 Å². The maximum absolute atomic E-state index is 13.4. The maximum atomic E-state index is 13.4. The van der Waals surface area contributed by atoms with Crippen molar-refractivity contribution in [1.29, 1.82) is 0 Å². The van der Waals surface area contributed by atoms with Crippen LogP contribution in [0.25, 0.3) is 0 Å². The summed E-state index contributed by atoms with van der Waals surface area (Å²) in [6, 6.07) is 11.5. The quantitative estimate of drug-likeness (QED) is 0.842. The first-order chi connectivity index (χ1) is 8.15. The zero-order valence-corrected chi connectivity index (χ0v) is 10.5. The van der Waals surface area contributed by atoms with Crippen LogP contribution in [-0.4, -0.2) is 5.11 Å². The lowest BCUT2D eigenvalue weighted by Gasteiger charge is -2.08. The normalized spacial score (nSPS) is 10.2. The van der Waals surface area contributed by atoms with E-state index in [0.29, 0.717) is 12.1 Å². The molecular weight excluding hydrogens is 285 g/mol. The molecule has 2 N–H and O–H groups in total. The maximum Gasteiger partial charge on any atom is 0.128 e.